The molecule has 0 aliphatic carbocycles. The van der Waals surface area contributed by atoms with Crippen LogP contribution in [0.25, 0.3) is 0 Å². The molecule has 0 fully saturated rings. The summed E-state index contributed by atoms with van der Waals surface area (Å²) in [6.07, 6.45) is 1.71. The van der Waals surface area contributed by atoms with Gasteiger partial charge in [0, 0.05) is 11.5 Å². The number of hydrogen-bond acceptors (Lipinski definition) is 2. The lowest BCUT2D eigenvalue weighted by Crippen LogP contribution is -2.14. The van der Waals surface area contributed by atoms with E-state index in [0.717, 1.165) is 11.4 Å². The number of halogens is 1. The number of aromatic nitrogens is 1. The first-order chi connectivity index (χ1) is 8.47. The summed E-state index contributed by atoms with van der Waals surface area (Å²) in [5.74, 6) is 1.43. The van der Waals surface area contributed by atoms with Gasteiger partial charge in [-0.3, -0.25) is 4.98 Å². The zero-order chi connectivity index (χ0) is 13.2. The summed E-state index contributed by atoms with van der Waals surface area (Å²) in [6, 6.07) is 11.4. The van der Waals surface area contributed by atoms with E-state index < -0.39 is 0 Å². The van der Waals surface area contributed by atoms with Gasteiger partial charge >= 0.3 is 0 Å². The molecule has 2 rings (SSSR count). The third kappa shape index (κ3) is 3.02. The Morgan fingerprint density at radius 1 is 1.06 bits per heavy atom. The minimum absolute atomic E-state index is 0.0671. The average molecular weight is 262 g/mol. The Bertz CT molecular complexity index is 532. The van der Waals surface area contributed by atoms with Crippen LogP contribution >= 0.6 is 11.6 Å². The highest BCUT2D eigenvalue weighted by Crippen LogP contribution is 2.31. The van der Waals surface area contributed by atoms with E-state index in [1.807, 2.05) is 36.4 Å². The minimum atomic E-state index is -0.0671. The van der Waals surface area contributed by atoms with Crippen molar-refractivity contribution in [3.8, 4) is 11.5 Å². The molecule has 0 saturated carbocycles. The maximum Gasteiger partial charge on any atom is 0.147 e. The molecule has 1 heterocycles. The summed E-state index contributed by atoms with van der Waals surface area (Å²) in [7, 11) is 0. The molecule has 0 unspecified atom stereocenters. The smallest absolute Gasteiger partial charge is 0.147 e. The van der Waals surface area contributed by atoms with E-state index in [1.54, 1.807) is 6.20 Å². The second-order valence-electron chi connectivity index (χ2n) is 5.17. The molecule has 1 aromatic carbocycles. The molecule has 0 bridgehead atoms. The summed E-state index contributed by atoms with van der Waals surface area (Å²) in [5, 5.41) is 0.635. The highest BCUT2D eigenvalue weighted by molar-refractivity contribution is 6.31. The van der Waals surface area contributed by atoms with E-state index in [0.29, 0.717) is 10.8 Å². The van der Waals surface area contributed by atoms with E-state index >= 15 is 0 Å². The van der Waals surface area contributed by atoms with Crippen LogP contribution in [0.15, 0.2) is 42.6 Å². The molecule has 2 nitrogen and oxygen atoms in total. The first kappa shape index (κ1) is 12.9. The van der Waals surface area contributed by atoms with Gasteiger partial charge in [-0.2, -0.15) is 0 Å². The van der Waals surface area contributed by atoms with Crippen LogP contribution in [0.3, 0.4) is 0 Å². The molecule has 0 N–H and O–H groups in total. The third-order valence-corrected chi connectivity index (χ3v) is 2.79. The van der Waals surface area contributed by atoms with Gasteiger partial charge in [0.2, 0.25) is 0 Å². The number of ether oxygens (including phenoxy) is 1. The van der Waals surface area contributed by atoms with Crippen molar-refractivity contribution in [1.29, 1.82) is 0 Å². The SMILES string of the molecule is CC(C)(C)c1ncc(Oc2ccccc2)cc1Cl. The number of pyridine rings is 1. The van der Waals surface area contributed by atoms with Crippen molar-refractivity contribution in [2.24, 2.45) is 0 Å². The van der Waals surface area contributed by atoms with Crippen molar-refractivity contribution in [2.45, 2.75) is 26.2 Å². The van der Waals surface area contributed by atoms with E-state index in [4.69, 9.17) is 16.3 Å². The molecule has 1 aromatic heterocycles. The predicted molar refractivity (Wildman–Crippen MR) is 74.5 cm³/mol. The van der Waals surface area contributed by atoms with Crippen molar-refractivity contribution < 1.29 is 4.74 Å². The van der Waals surface area contributed by atoms with Gasteiger partial charge in [0.1, 0.15) is 11.5 Å². The molecule has 0 atom stereocenters. The molecule has 0 spiro atoms. The normalized spacial score (nSPS) is 11.3. The molecule has 0 aliphatic rings. The Balaban J connectivity index is 2.25. The largest absolute Gasteiger partial charge is 0.456 e. The van der Waals surface area contributed by atoms with Gasteiger partial charge in [0.05, 0.1) is 16.9 Å². The third-order valence-electron chi connectivity index (χ3n) is 2.51. The van der Waals surface area contributed by atoms with Crippen molar-refractivity contribution in [3.63, 3.8) is 0 Å². The fraction of sp³-hybridized carbons (Fsp3) is 0.267. The van der Waals surface area contributed by atoms with E-state index in [1.165, 1.54) is 0 Å². The van der Waals surface area contributed by atoms with E-state index in [2.05, 4.69) is 25.8 Å². The number of nitrogens with zero attached hydrogens (tertiary/aromatic N) is 1. The van der Waals surface area contributed by atoms with Crippen LogP contribution in [0.2, 0.25) is 5.02 Å². The summed E-state index contributed by atoms with van der Waals surface area (Å²) in [6.45, 7) is 6.25. The van der Waals surface area contributed by atoms with Gasteiger partial charge in [0.25, 0.3) is 0 Å². The lowest BCUT2D eigenvalue weighted by molar-refractivity contribution is 0.477. The molecule has 0 radical (unpaired) electrons. The topological polar surface area (TPSA) is 22.1 Å². The van der Waals surface area contributed by atoms with Crippen molar-refractivity contribution >= 4 is 11.6 Å². The van der Waals surface area contributed by atoms with Gasteiger partial charge in [-0.1, -0.05) is 50.6 Å². The van der Waals surface area contributed by atoms with E-state index in [9.17, 15) is 0 Å². The predicted octanol–water partition coefficient (Wildman–Crippen LogP) is 4.82. The standard InChI is InChI=1S/C15H16ClNO/c1-15(2,3)14-13(16)9-12(10-17-14)18-11-7-5-4-6-8-11/h4-10H,1-3H3. The summed E-state index contributed by atoms with van der Waals surface area (Å²) >= 11 is 6.24. The van der Waals surface area contributed by atoms with Gasteiger partial charge in [0.15, 0.2) is 0 Å². The lowest BCUT2D eigenvalue weighted by Gasteiger charge is -2.19. The van der Waals surface area contributed by atoms with Crippen LogP contribution < -0.4 is 4.74 Å². The Labute approximate surface area is 113 Å². The first-order valence-corrected chi connectivity index (χ1v) is 6.23. The minimum Gasteiger partial charge on any atom is -0.456 e. The molecule has 0 aliphatic heterocycles. The Morgan fingerprint density at radius 2 is 1.72 bits per heavy atom. The van der Waals surface area contributed by atoms with Gasteiger partial charge in [-0.05, 0) is 12.1 Å². The van der Waals surface area contributed by atoms with Crippen molar-refractivity contribution in [3.05, 3.63) is 53.3 Å². The molecule has 0 amide bonds. The second kappa shape index (κ2) is 4.99. The van der Waals surface area contributed by atoms with Gasteiger partial charge < -0.3 is 4.74 Å². The van der Waals surface area contributed by atoms with Crippen LogP contribution in [0, 0.1) is 0 Å². The summed E-state index contributed by atoms with van der Waals surface area (Å²) < 4.78 is 5.68. The summed E-state index contributed by atoms with van der Waals surface area (Å²) in [4.78, 5) is 4.39. The molecule has 2 aromatic rings. The van der Waals surface area contributed by atoms with Crippen LogP contribution in [0.4, 0.5) is 0 Å². The van der Waals surface area contributed by atoms with Crippen molar-refractivity contribution in [1.82, 2.24) is 4.98 Å². The molecule has 0 saturated heterocycles. The zero-order valence-electron chi connectivity index (χ0n) is 10.8. The number of rotatable bonds is 2. The van der Waals surface area contributed by atoms with Crippen LogP contribution in [-0.4, -0.2) is 4.98 Å². The maximum absolute atomic E-state index is 6.24. The van der Waals surface area contributed by atoms with E-state index in [-0.39, 0.29) is 5.41 Å². The quantitative estimate of drug-likeness (QED) is 0.773. The Kier molecular flexibility index (Phi) is 3.58. The van der Waals surface area contributed by atoms with Gasteiger partial charge in [-0.25, -0.2) is 0 Å². The number of benzene rings is 1. The van der Waals surface area contributed by atoms with Crippen LogP contribution in [-0.2, 0) is 5.41 Å². The molecular weight excluding hydrogens is 246 g/mol. The lowest BCUT2D eigenvalue weighted by atomic mass is 9.91. The fourth-order valence-electron chi connectivity index (χ4n) is 1.65. The second-order valence-corrected chi connectivity index (χ2v) is 5.57. The molecule has 18 heavy (non-hydrogen) atoms. The Hall–Kier alpha value is -1.54. The summed E-state index contributed by atoms with van der Waals surface area (Å²) in [5.41, 5.74) is 0.812. The molecule has 3 heteroatoms. The maximum atomic E-state index is 6.24. The van der Waals surface area contributed by atoms with Crippen LogP contribution in [0.5, 0.6) is 11.5 Å². The zero-order valence-corrected chi connectivity index (χ0v) is 11.5. The average Bonchev–Trinajstić information content (AvgIpc) is 2.28. The molecular formula is C15H16ClNO. The fourth-order valence-corrected chi connectivity index (χ4v) is 2.09. The monoisotopic (exact) mass is 261 g/mol. The highest BCUT2D eigenvalue weighted by Gasteiger charge is 2.19. The Morgan fingerprint density at radius 3 is 2.28 bits per heavy atom. The first-order valence-electron chi connectivity index (χ1n) is 5.86. The highest BCUT2D eigenvalue weighted by atomic mass is 35.5. The van der Waals surface area contributed by atoms with Crippen LogP contribution in [0.1, 0.15) is 26.5 Å². The number of para-hydroxylation sites is 1. The molecule has 94 valence electrons. The van der Waals surface area contributed by atoms with Gasteiger partial charge in [-0.15, -0.1) is 0 Å². The number of hydrogen-bond donors (Lipinski definition) is 0. The van der Waals surface area contributed by atoms with Crippen molar-refractivity contribution in [2.75, 3.05) is 0 Å².